The lowest BCUT2D eigenvalue weighted by molar-refractivity contribution is -0.150. The SMILES string of the molecule is NC(=O)c1c(O)cc(C(F)(F)F)nc1C(F)(F)F. The lowest BCUT2D eigenvalue weighted by Crippen LogP contribution is -2.23. The normalized spacial score (nSPS) is 12.6. The highest BCUT2D eigenvalue weighted by Gasteiger charge is 2.42. The van der Waals surface area contributed by atoms with Gasteiger partial charge in [0.15, 0.2) is 5.69 Å². The summed E-state index contributed by atoms with van der Waals surface area (Å²) < 4.78 is 73.9. The Balaban J connectivity index is 3.64. The maximum Gasteiger partial charge on any atom is 0.434 e. The molecule has 0 saturated carbocycles. The molecule has 18 heavy (non-hydrogen) atoms. The smallest absolute Gasteiger partial charge is 0.434 e. The summed E-state index contributed by atoms with van der Waals surface area (Å²) >= 11 is 0. The van der Waals surface area contributed by atoms with Crippen LogP contribution >= 0.6 is 0 Å². The monoisotopic (exact) mass is 274 g/mol. The van der Waals surface area contributed by atoms with Crippen LogP contribution < -0.4 is 5.73 Å². The fourth-order valence-electron chi connectivity index (χ4n) is 1.12. The van der Waals surface area contributed by atoms with Gasteiger partial charge in [-0.1, -0.05) is 0 Å². The largest absolute Gasteiger partial charge is 0.507 e. The number of hydrogen-bond acceptors (Lipinski definition) is 3. The van der Waals surface area contributed by atoms with E-state index in [9.17, 15) is 31.1 Å². The third kappa shape index (κ3) is 2.63. The van der Waals surface area contributed by atoms with Gasteiger partial charge in [0.05, 0.1) is 0 Å². The van der Waals surface area contributed by atoms with Gasteiger partial charge in [0.2, 0.25) is 0 Å². The van der Waals surface area contributed by atoms with Gasteiger partial charge in [-0.2, -0.15) is 26.3 Å². The summed E-state index contributed by atoms with van der Waals surface area (Å²) in [5.41, 5.74) is -1.11. The number of nitrogens with zero attached hydrogens (tertiary/aromatic N) is 1. The van der Waals surface area contributed by atoms with Crippen molar-refractivity contribution in [1.82, 2.24) is 4.98 Å². The fourth-order valence-corrected chi connectivity index (χ4v) is 1.12. The van der Waals surface area contributed by atoms with E-state index < -0.39 is 41.0 Å². The third-order valence-corrected chi connectivity index (χ3v) is 1.80. The molecule has 4 nitrogen and oxygen atoms in total. The molecule has 0 bridgehead atoms. The van der Waals surface area contributed by atoms with Crippen molar-refractivity contribution in [2.24, 2.45) is 5.73 Å². The molecule has 0 spiro atoms. The molecular weight excluding hydrogens is 270 g/mol. The lowest BCUT2D eigenvalue weighted by atomic mass is 10.1. The molecule has 10 heteroatoms. The molecule has 1 amide bonds. The van der Waals surface area contributed by atoms with Crippen molar-refractivity contribution in [2.75, 3.05) is 0 Å². The molecule has 0 aliphatic heterocycles. The summed E-state index contributed by atoms with van der Waals surface area (Å²) in [4.78, 5) is 13.0. The van der Waals surface area contributed by atoms with Crippen LogP contribution in [0.3, 0.4) is 0 Å². The number of primary amides is 1. The fraction of sp³-hybridized carbons (Fsp3) is 0.250. The van der Waals surface area contributed by atoms with Gasteiger partial charge in [-0.05, 0) is 0 Å². The van der Waals surface area contributed by atoms with E-state index in [1.807, 2.05) is 0 Å². The van der Waals surface area contributed by atoms with Crippen molar-refractivity contribution in [2.45, 2.75) is 12.4 Å². The van der Waals surface area contributed by atoms with Crippen LogP contribution in [0.1, 0.15) is 21.7 Å². The Morgan fingerprint density at radius 3 is 2.00 bits per heavy atom. The van der Waals surface area contributed by atoms with Crippen LogP contribution in [0, 0.1) is 0 Å². The maximum absolute atomic E-state index is 12.4. The number of aromatic nitrogens is 1. The highest BCUT2D eigenvalue weighted by atomic mass is 19.4. The summed E-state index contributed by atoms with van der Waals surface area (Å²) in [5.74, 6) is -3.27. The molecule has 1 heterocycles. The van der Waals surface area contributed by atoms with Crippen LogP contribution in [-0.4, -0.2) is 16.0 Å². The zero-order valence-electron chi connectivity index (χ0n) is 8.23. The molecule has 1 aromatic rings. The van der Waals surface area contributed by atoms with Crippen LogP contribution in [-0.2, 0) is 12.4 Å². The minimum Gasteiger partial charge on any atom is -0.507 e. The van der Waals surface area contributed by atoms with Gasteiger partial charge in [-0.25, -0.2) is 4.98 Å². The second kappa shape index (κ2) is 4.03. The van der Waals surface area contributed by atoms with Crippen molar-refractivity contribution >= 4 is 5.91 Å². The Morgan fingerprint density at radius 1 is 1.17 bits per heavy atom. The van der Waals surface area contributed by atoms with E-state index >= 15 is 0 Å². The topological polar surface area (TPSA) is 76.2 Å². The summed E-state index contributed by atoms with van der Waals surface area (Å²) in [7, 11) is 0. The van der Waals surface area contributed by atoms with E-state index in [4.69, 9.17) is 5.11 Å². The Labute approximate surface area is 95.0 Å². The molecule has 1 aromatic heterocycles. The van der Waals surface area contributed by atoms with Gasteiger partial charge in [-0.3, -0.25) is 4.79 Å². The van der Waals surface area contributed by atoms with E-state index in [1.165, 1.54) is 0 Å². The summed E-state index contributed by atoms with van der Waals surface area (Å²) in [6.07, 6.45) is -10.6. The first-order chi connectivity index (χ1) is 7.94. The summed E-state index contributed by atoms with van der Waals surface area (Å²) in [6.45, 7) is 0. The van der Waals surface area contributed by atoms with E-state index in [0.717, 1.165) is 0 Å². The number of alkyl halides is 6. The molecule has 0 fully saturated rings. The standard InChI is InChI=1S/C8H4F6N2O2/c9-7(10,11)3-1-2(17)4(6(15)18)5(16-3)8(12,13)14/h1H,(H2,15,18)(H,16,17). The van der Waals surface area contributed by atoms with Gasteiger partial charge in [0.1, 0.15) is 17.0 Å². The first-order valence-corrected chi connectivity index (χ1v) is 4.12. The van der Waals surface area contributed by atoms with Crippen molar-refractivity contribution in [3.05, 3.63) is 23.0 Å². The molecule has 0 atom stereocenters. The van der Waals surface area contributed by atoms with E-state index in [0.29, 0.717) is 0 Å². The van der Waals surface area contributed by atoms with Gasteiger partial charge in [0.25, 0.3) is 5.91 Å². The van der Waals surface area contributed by atoms with E-state index in [-0.39, 0.29) is 6.07 Å². The average Bonchev–Trinajstić information content (AvgIpc) is 2.12. The number of aromatic hydroxyl groups is 1. The second-order valence-corrected chi connectivity index (χ2v) is 3.11. The third-order valence-electron chi connectivity index (χ3n) is 1.80. The number of halogens is 6. The number of pyridine rings is 1. The van der Waals surface area contributed by atoms with Crippen LogP contribution in [0.5, 0.6) is 5.75 Å². The van der Waals surface area contributed by atoms with Gasteiger partial charge in [-0.15, -0.1) is 0 Å². The number of rotatable bonds is 1. The zero-order chi connectivity index (χ0) is 14.3. The van der Waals surface area contributed by atoms with E-state index in [1.54, 1.807) is 0 Å². The first-order valence-electron chi connectivity index (χ1n) is 4.12. The quantitative estimate of drug-likeness (QED) is 0.768. The highest BCUT2D eigenvalue weighted by Crippen LogP contribution is 2.38. The first kappa shape index (κ1) is 14.1. The molecule has 0 aromatic carbocycles. The lowest BCUT2D eigenvalue weighted by Gasteiger charge is -2.14. The molecule has 1 rings (SSSR count). The Hall–Kier alpha value is -2.00. The van der Waals surface area contributed by atoms with Crippen molar-refractivity contribution < 1.29 is 36.2 Å². The number of carbonyl (C=O) groups is 1. The summed E-state index contributed by atoms with van der Waals surface area (Å²) in [5, 5.41) is 9.03. The highest BCUT2D eigenvalue weighted by molar-refractivity contribution is 5.96. The van der Waals surface area contributed by atoms with Crippen molar-refractivity contribution in [3.8, 4) is 5.75 Å². The molecule has 0 saturated heterocycles. The van der Waals surface area contributed by atoms with Gasteiger partial charge in [0, 0.05) is 6.07 Å². The second-order valence-electron chi connectivity index (χ2n) is 3.11. The number of amides is 1. The minimum absolute atomic E-state index is 0.102. The number of nitrogens with two attached hydrogens (primary N) is 1. The maximum atomic E-state index is 12.4. The van der Waals surface area contributed by atoms with Crippen molar-refractivity contribution in [1.29, 1.82) is 0 Å². The van der Waals surface area contributed by atoms with E-state index in [2.05, 4.69) is 10.7 Å². The Bertz CT molecular complexity index is 494. The molecule has 0 aliphatic carbocycles. The van der Waals surface area contributed by atoms with Crippen LogP contribution in [0.15, 0.2) is 6.07 Å². The van der Waals surface area contributed by atoms with Crippen LogP contribution in [0.4, 0.5) is 26.3 Å². The molecule has 100 valence electrons. The number of hydrogen-bond donors (Lipinski definition) is 2. The zero-order valence-corrected chi connectivity index (χ0v) is 8.23. The molecular formula is C8H4F6N2O2. The van der Waals surface area contributed by atoms with Gasteiger partial charge < -0.3 is 10.8 Å². The van der Waals surface area contributed by atoms with Crippen LogP contribution in [0.25, 0.3) is 0 Å². The molecule has 3 N–H and O–H groups in total. The van der Waals surface area contributed by atoms with Crippen LogP contribution in [0.2, 0.25) is 0 Å². The predicted molar refractivity (Wildman–Crippen MR) is 44.4 cm³/mol. The Morgan fingerprint density at radius 2 is 1.67 bits per heavy atom. The predicted octanol–water partition coefficient (Wildman–Crippen LogP) is 1.92. The summed E-state index contributed by atoms with van der Waals surface area (Å²) in [6, 6.07) is -0.102. The number of carbonyl (C=O) groups excluding carboxylic acids is 1. The van der Waals surface area contributed by atoms with Crippen molar-refractivity contribution in [3.63, 3.8) is 0 Å². The molecule has 0 aliphatic rings. The Kier molecular flexibility index (Phi) is 3.15. The molecule has 0 unspecified atom stereocenters. The average molecular weight is 274 g/mol. The molecule has 0 radical (unpaired) electrons. The van der Waals surface area contributed by atoms with Gasteiger partial charge >= 0.3 is 12.4 Å². The minimum atomic E-state index is -5.36.